The Bertz CT molecular complexity index is 485. The Hall–Kier alpha value is -1.61. The number of nitrogens with two attached hydrogens (primary N) is 1. The molecule has 2 aromatic heterocycles. The molecule has 0 bridgehead atoms. The predicted octanol–water partition coefficient (Wildman–Crippen LogP) is 2.34. The van der Waals surface area contributed by atoms with Gasteiger partial charge in [-0.3, -0.25) is 4.98 Å². The summed E-state index contributed by atoms with van der Waals surface area (Å²) in [5, 5.41) is 0. The van der Waals surface area contributed by atoms with E-state index >= 15 is 0 Å². The van der Waals surface area contributed by atoms with Crippen molar-refractivity contribution in [2.24, 2.45) is 11.7 Å². The first-order valence-electron chi connectivity index (χ1n) is 6.14. The minimum Gasteiger partial charge on any atom is -0.348 e. The number of rotatable bonds is 4. The zero-order valence-electron chi connectivity index (χ0n) is 9.79. The maximum absolute atomic E-state index is 6.18. The Balaban J connectivity index is 1.72. The van der Waals surface area contributed by atoms with E-state index in [9.17, 15) is 0 Å². The summed E-state index contributed by atoms with van der Waals surface area (Å²) >= 11 is 0. The number of hydrogen-bond acceptors (Lipinski definition) is 2. The zero-order chi connectivity index (χ0) is 11.7. The van der Waals surface area contributed by atoms with Crippen molar-refractivity contribution in [3.05, 3.63) is 54.1 Å². The summed E-state index contributed by atoms with van der Waals surface area (Å²) in [5.41, 5.74) is 8.51. The van der Waals surface area contributed by atoms with E-state index in [4.69, 9.17) is 5.73 Å². The molecule has 3 nitrogen and oxygen atoms in total. The van der Waals surface area contributed by atoms with E-state index in [-0.39, 0.29) is 6.04 Å². The molecular weight excluding hydrogens is 210 g/mol. The van der Waals surface area contributed by atoms with Gasteiger partial charge in [0, 0.05) is 24.6 Å². The van der Waals surface area contributed by atoms with E-state index in [1.54, 1.807) is 0 Å². The van der Waals surface area contributed by atoms with E-state index < -0.39 is 0 Å². The van der Waals surface area contributed by atoms with Gasteiger partial charge < -0.3 is 10.3 Å². The second-order valence-electron chi connectivity index (χ2n) is 4.80. The van der Waals surface area contributed by atoms with Crippen molar-refractivity contribution in [3.8, 4) is 0 Å². The fourth-order valence-corrected chi connectivity index (χ4v) is 2.16. The summed E-state index contributed by atoms with van der Waals surface area (Å²) in [6.07, 6.45) is 8.64. The molecule has 3 rings (SSSR count). The third kappa shape index (κ3) is 2.39. The standard InChI is InChI=1S/C14H17N3/c15-14(11-4-5-11)12-6-8-17(9-12)10-13-3-1-2-7-16-13/h1-3,6-9,11,14H,4-5,10,15H2. The molecule has 1 fully saturated rings. The third-order valence-corrected chi connectivity index (χ3v) is 3.36. The lowest BCUT2D eigenvalue weighted by Gasteiger charge is -2.07. The van der Waals surface area contributed by atoms with Gasteiger partial charge in [0.25, 0.3) is 0 Å². The number of aromatic nitrogens is 2. The molecule has 1 saturated carbocycles. The summed E-state index contributed by atoms with van der Waals surface area (Å²) in [4.78, 5) is 4.32. The highest BCUT2D eigenvalue weighted by atomic mass is 15.0. The van der Waals surface area contributed by atoms with Crippen LogP contribution in [0.25, 0.3) is 0 Å². The smallest absolute Gasteiger partial charge is 0.0642 e. The van der Waals surface area contributed by atoms with Crippen molar-refractivity contribution >= 4 is 0 Å². The average Bonchev–Trinajstić information content (AvgIpc) is 3.11. The highest BCUT2D eigenvalue weighted by Crippen LogP contribution is 2.39. The Morgan fingerprint density at radius 3 is 2.94 bits per heavy atom. The van der Waals surface area contributed by atoms with E-state index in [2.05, 4.69) is 28.0 Å². The van der Waals surface area contributed by atoms with Gasteiger partial charge in [-0.1, -0.05) is 6.07 Å². The summed E-state index contributed by atoms with van der Waals surface area (Å²) in [6.45, 7) is 0.818. The van der Waals surface area contributed by atoms with Crippen LogP contribution in [0.1, 0.15) is 30.1 Å². The SMILES string of the molecule is NC(c1ccn(Cc2ccccn2)c1)C1CC1. The van der Waals surface area contributed by atoms with Crippen molar-refractivity contribution in [1.82, 2.24) is 9.55 Å². The molecule has 0 aliphatic heterocycles. The molecule has 2 heterocycles. The Morgan fingerprint density at radius 2 is 2.24 bits per heavy atom. The third-order valence-electron chi connectivity index (χ3n) is 3.36. The van der Waals surface area contributed by atoms with Crippen LogP contribution in [0.4, 0.5) is 0 Å². The second kappa shape index (κ2) is 4.34. The minimum absolute atomic E-state index is 0.222. The first-order chi connectivity index (χ1) is 8.33. The highest BCUT2D eigenvalue weighted by Gasteiger charge is 2.29. The zero-order valence-corrected chi connectivity index (χ0v) is 9.79. The van der Waals surface area contributed by atoms with E-state index in [0.29, 0.717) is 5.92 Å². The largest absolute Gasteiger partial charge is 0.348 e. The molecule has 0 amide bonds. The highest BCUT2D eigenvalue weighted by molar-refractivity contribution is 5.18. The normalized spacial score (nSPS) is 17.0. The monoisotopic (exact) mass is 227 g/mol. The molecule has 0 aromatic carbocycles. The second-order valence-corrected chi connectivity index (χ2v) is 4.80. The first kappa shape index (κ1) is 10.5. The lowest BCUT2D eigenvalue weighted by atomic mass is 10.1. The fraction of sp³-hybridized carbons (Fsp3) is 0.357. The van der Waals surface area contributed by atoms with Crippen LogP contribution in [0.5, 0.6) is 0 Å². The maximum atomic E-state index is 6.18. The van der Waals surface area contributed by atoms with Crippen molar-refractivity contribution in [1.29, 1.82) is 0 Å². The molecule has 1 unspecified atom stereocenters. The quantitative estimate of drug-likeness (QED) is 0.871. The predicted molar refractivity (Wildman–Crippen MR) is 67.4 cm³/mol. The summed E-state index contributed by atoms with van der Waals surface area (Å²) in [6, 6.07) is 8.35. The van der Waals surface area contributed by atoms with Gasteiger partial charge in [-0.05, 0) is 42.5 Å². The lowest BCUT2D eigenvalue weighted by molar-refractivity contribution is 0.630. The molecular formula is C14H17N3. The van der Waals surface area contributed by atoms with Crippen LogP contribution < -0.4 is 5.73 Å². The topological polar surface area (TPSA) is 43.8 Å². The van der Waals surface area contributed by atoms with Crippen molar-refractivity contribution in [2.45, 2.75) is 25.4 Å². The number of nitrogens with zero attached hydrogens (tertiary/aromatic N) is 2. The van der Waals surface area contributed by atoms with Crippen LogP contribution in [0.3, 0.4) is 0 Å². The Labute approximate surface area is 101 Å². The molecule has 0 saturated heterocycles. The molecule has 1 aliphatic rings. The Morgan fingerprint density at radius 1 is 1.35 bits per heavy atom. The van der Waals surface area contributed by atoms with Crippen LogP contribution >= 0.6 is 0 Å². The van der Waals surface area contributed by atoms with Gasteiger partial charge in [-0.15, -0.1) is 0 Å². The molecule has 0 radical (unpaired) electrons. The molecule has 3 heteroatoms. The molecule has 88 valence electrons. The van der Waals surface area contributed by atoms with Crippen molar-refractivity contribution < 1.29 is 0 Å². The molecule has 2 N–H and O–H groups in total. The van der Waals surface area contributed by atoms with Gasteiger partial charge in [0.05, 0.1) is 12.2 Å². The van der Waals surface area contributed by atoms with Crippen LogP contribution in [0.2, 0.25) is 0 Å². The fourth-order valence-electron chi connectivity index (χ4n) is 2.16. The van der Waals surface area contributed by atoms with E-state index in [0.717, 1.165) is 12.2 Å². The average molecular weight is 227 g/mol. The summed E-state index contributed by atoms with van der Waals surface area (Å²) in [7, 11) is 0. The molecule has 0 spiro atoms. The van der Waals surface area contributed by atoms with Crippen LogP contribution in [-0.4, -0.2) is 9.55 Å². The summed E-state index contributed by atoms with van der Waals surface area (Å²) in [5.74, 6) is 0.709. The van der Waals surface area contributed by atoms with E-state index in [1.807, 2.05) is 24.4 Å². The lowest BCUT2D eigenvalue weighted by Crippen LogP contribution is -2.11. The van der Waals surface area contributed by atoms with E-state index in [1.165, 1.54) is 18.4 Å². The molecule has 1 aliphatic carbocycles. The van der Waals surface area contributed by atoms with Gasteiger partial charge in [-0.2, -0.15) is 0 Å². The van der Waals surface area contributed by atoms with Gasteiger partial charge in [0.1, 0.15) is 0 Å². The maximum Gasteiger partial charge on any atom is 0.0642 e. The van der Waals surface area contributed by atoms with Gasteiger partial charge >= 0.3 is 0 Å². The van der Waals surface area contributed by atoms with Gasteiger partial charge in [0.15, 0.2) is 0 Å². The molecule has 1 atom stereocenters. The van der Waals surface area contributed by atoms with Crippen LogP contribution in [-0.2, 0) is 6.54 Å². The van der Waals surface area contributed by atoms with Gasteiger partial charge in [-0.25, -0.2) is 0 Å². The Kier molecular flexibility index (Phi) is 2.69. The first-order valence-corrected chi connectivity index (χ1v) is 6.14. The number of hydrogen-bond donors (Lipinski definition) is 1. The van der Waals surface area contributed by atoms with Crippen LogP contribution in [0, 0.1) is 5.92 Å². The molecule has 17 heavy (non-hydrogen) atoms. The molecule has 2 aromatic rings. The minimum atomic E-state index is 0.222. The number of pyridine rings is 1. The van der Waals surface area contributed by atoms with Crippen LogP contribution in [0.15, 0.2) is 42.9 Å². The van der Waals surface area contributed by atoms with Gasteiger partial charge in [0.2, 0.25) is 0 Å². The van der Waals surface area contributed by atoms with Crippen molar-refractivity contribution in [2.75, 3.05) is 0 Å². The summed E-state index contributed by atoms with van der Waals surface area (Å²) < 4.78 is 2.15. The van der Waals surface area contributed by atoms with Crippen molar-refractivity contribution in [3.63, 3.8) is 0 Å².